The molecule has 0 spiro atoms. The minimum absolute atomic E-state index is 0.0000724. The van der Waals surface area contributed by atoms with E-state index in [0.29, 0.717) is 24.7 Å². The first-order valence-corrected chi connectivity index (χ1v) is 12.5. The van der Waals surface area contributed by atoms with Gasteiger partial charge in [0.2, 0.25) is 0 Å². The maximum Gasteiger partial charge on any atom is 0.410 e. The van der Waals surface area contributed by atoms with Crippen LogP contribution < -0.4 is 16.1 Å². The molecule has 1 saturated heterocycles. The van der Waals surface area contributed by atoms with Gasteiger partial charge >= 0.3 is 6.09 Å². The molecule has 190 valence electrons. The molecular formula is C28H31N7O2. The quantitative estimate of drug-likeness (QED) is 0.322. The number of carbonyl (C=O) groups is 1. The number of piperidine rings is 1. The molecule has 0 aliphatic carbocycles. The van der Waals surface area contributed by atoms with Gasteiger partial charge in [0.1, 0.15) is 11.9 Å². The predicted molar refractivity (Wildman–Crippen MR) is 145 cm³/mol. The number of hydrazone groups is 1. The lowest BCUT2D eigenvalue weighted by atomic mass is 10.1. The van der Waals surface area contributed by atoms with E-state index < -0.39 is 0 Å². The van der Waals surface area contributed by atoms with Gasteiger partial charge in [-0.3, -0.25) is 10.3 Å². The van der Waals surface area contributed by atoms with Crippen LogP contribution in [-0.2, 0) is 17.8 Å². The fraction of sp³-hybridized carbons (Fsp3) is 0.286. The van der Waals surface area contributed by atoms with Crippen molar-refractivity contribution < 1.29 is 9.53 Å². The summed E-state index contributed by atoms with van der Waals surface area (Å²) in [5.41, 5.74) is 8.95. The number of hydrogen-bond donors (Lipinski definition) is 3. The maximum atomic E-state index is 12.7. The third-order valence-corrected chi connectivity index (χ3v) is 6.64. The Balaban J connectivity index is 1.24. The molecule has 2 aromatic carbocycles. The van der Waals surface area contributed by atoms with Crippen molar-refractivity contribution in [1.29, 1.82) is 0 Å². The molecule has 5 rings (SSSR count). The van der Waals surface area contributed by atoms with Gasteiger partial charge in [0.05, 0.1) is 0 Å². The zero-order valence-corrected chi connectivity index (χ0v) is 20.9. The van der Waals surface area contributed by atoms with Crippen LogP contribution in [0.3, 0.4) is 0 Å². The van der Waals surface area contributed by atoms with Gasteiger partial charge in [-0.25, -0.2) is 14.8 Å². The smallest absolute Gasteiger partial charge is 0.410 e. The number of benzene rings is 2. The van der Waals surface area contributed by atoms with Crippen molar-refractivity contribution in [2.24, 2.45) is 5.10 Å². The molecule has 3 aromatic rings. The Kier molecular flexibility index (Phi) is 7.41. The van der Waals surface area contributed by atoms with E-state index >= 15 is 0 Å². The molecular weight excluding hydrogens is 466 g/mol. The molecule has 3 heterocycles. The molecule has 0 radical (unpaired) electrons. The first-order chi connectivity index (χ1) is 18.1. The molecule has 0 bridgehead atoms. The normalized spacial score (nSPS) is 15.7. The number of nitrogens with zero attached hydrogens (tertiary/aromatic N) is 4. The average Bonchev–Trinajstić information content (AvgIpc) is 3.37. The number of aromatic nitrogens is 2. The number of amides is 1. The summed E-state index contributed by atoms with van der Waals surface area (Å²) < 4.78 is 5.73. The van der Waals surface area contributed by atoms with E-state index in [4.69, 9.17) is 9.72 Å². The molecule has 1 fully saturated rings. The third kappa shape index (κ3) is 5.95. The lowest BCUT2D eigenvalue weighted by Crippen LogP contribution is -2.37. The predicted octanol–water partition coefficient (Wildman–Crippen LogP) is 4.66. The summed E-state index contributed by atoms with van der Waals surface area (Å²) in [4.78, 5) is 23.7. The minimum atomic E-state index is -0.238. The van der Waals surface area contributed by atoms with Crippen molar-refractivity contribution in [3.63, 3.8) is 0 Å². The fourth-order valence-electron chi connectivity index (χ4n) is 4.55. The summed E-state index contributed by atoms with van der Waals surface area (Å²) >= 11 is 0. The van der Waals surface area contributed by atoms with E-state index in [1.54, 1.807) is 17.3 Å². The number of hydrogen-bond acceptors (Lipinski definition) is 8. The van der Waals surface area contributed by atoms with Gasteiger partial charge < -0.3 is 15.4 Å². The van der Waals surface area contributed by atoms with Crippen molar-refractivity contribution in [1.82, 2.24) is 25.6 Å². The number of ether oxygens (including phenoxy) is 1. The zero-order valence-electron chi connectivity index (χ0n) is 20.9. The van der Waals surface area contributed by atoms with Gasteiger partial charge in [0.15, 0.2) is 5.82 Å². The van der Waals surface area contributed by atoms with Crippen molar-refractivity contribution in [3.8, 4) is 11.4 Å². The standard InChI is InChI=1S/C28H31N7O2/c1-19(16-32-29-2)20-5-7-24(8-6-20)33-26-11-14-31-27(34-26)21-3-4-22-17-35(18-23(22)15-21)28(36)37-25-9-12-30-13-10-25/h3-8,11,14-16,25,30,32H,2,9-10,12-13,17-18H2,1H3,(H,31,33,34)/b19-16+. The van der Waals surface area contributed by atoms with Crippen LogP contribution >= 0.6 is 0 Å². The second-order valence-electron chi connectivity index (χ2n) is 9.26. The van der Waals surface area contributed by atoms with Gasteiger partial charge in [-0.2, -0.15) is 5.10 Å². The van der Waals surface area contributed by atoms with E-state index in [2.05, 4.69) is 45.0 Å². The van der Waals surface area contributed by atoms with Crippen molar-refractivity contribution in [2.45, 2.75) is 39.0 Å². The Bertz CT molecular complexity index is 1300. The minimum Gasteiger partial charge on any atom is -0.446 e. The molecule has 9 heteroatoms. The summed E-state index contributed by atoms with van der Waals surface area (Å²) in [5, 5.41) is 10.3. The number of carbonyl (C=O) groups excluding carboxylic acids is 1. The first-order valence-electron chi connectivity index (χ1n) is 12.5. The van der Waals surface area contributed by atoms with Crippen molar-refractivity contribution >= 4 is 29.9 Å². The lowest BCUT2D eigenvalue weighted by Gasteiger charge is -2.25. The average molecular weight is 498 g/mol. The summed E-state index contributed by atoms with van der Waals surface area (Å²) in [5.74, 6) is 1.33. The number of rotatable bonds is 7. The maximum absolute atomic E-state index is 12.7. The molecule has 1 aromatic heterocycles. The van der Waals surface area contributed by atoms with Gasteiger partial charge in [-0.1, -0.05) is 24.3 Å². The first kappa shape index (κ1) is 24.5. The second-order valence-corrected chi connectivity index (χ2v) is 9.26. The van der Waals surface area contributed by atoms with E-state index in [1.165, 1.54) is 0 Å². The van der Waals surface area contributed by atoms with Crippen LogP contribution in [-0.4, -0.2) is 46.9 Å². The van der Waals surface area contributed by atoms with Gasteiger partial charge in [-0.05, 0) is 79.4 Å². The van der Waals surface area contributed by atoms with Gasteiger partial charge in [0.25, 0.3) is 0 Å². The monoisotopic (exact) mass is 497 g/mol. The molecule has 2 aliphatic rings. The van der Waals surface area contributed by atoms with Crippen LogP contribution in [0.15, 0.2) is 66.0 Å². The van der Waals surface area contributed by atoms with Crippen molar-refractivity contribution in [3.05, 3.63) is 77.6 Å². The van der Waals surface area contributed by atoms with E-state index in [9.17, 15) is 4.79 Å². The summed E-state index contributed by atoms with van der Waals surface area (Å²) in [6.07, 6.45) is 5.04. The summed E-state index contributed by atoms with van der Waals surface area (Å²) in [6, 6.07) is 16.0. The van der Waals surface area contributed by atoms with Crippen LogP contribution in [0.5, 0.6) is 0 Å². The number of allylic oxidation sites excluding steroid dienone is 1. The van der Waals surface area contributed by atoms with Crippen LogP contribution in [0.4, 0.5) is 16.3 Å². The molecule has 0 saturated carbocycles. The van der Waals surface area contributed by atoms with Crippen LogP contribution in [0.1, 0.15) is 36.5 Å². The molecule has 3 N–H and O–H groups in total. The molecule has 37 heavy (non-hydrogen) atoms. The Morgan fingerprint density at radius 2 is 1.92 bits per heavy atom. The topological polar surface area (TPSA) is 104 Å². The number of fused-ring (bicyclic) bond motifs is 1. The molecule has 0 atom stereocenters. The van der Waals surface area contributed by atoms with E-state index in [0.717, 1.165) is 59.4 Å². The van der Waals surface area contributed by atoms with E-state index in [-0.39, 0.29) is 12.2 Å². The highest BCUT2D eigenvalue weighted by atomic mass is 16.6. The lowest BCUT2D eigenvalue weighted by molar-refractivity contribution is 0.0482. The van der Waals surface area contributed by atoms with Crippen LogP contribution in [0.2, 0.25) is 0 Å². The zero-order chi connectivity index (χ0) is 25.6. The SMILES string of the molecule is C=NN/C=C(\C)c1ccc(Nc2ccnc(-c3ccc4c(c3)CN(C(=O)OC3CCNCC3)C4)n2)cc1. The summed E-state index contributed by atoms with van der Waals surface area (Å²) in [7, 11) is 0. The highest BCUT2D eigenvalue weighted by molar-refractivity contribution is 5.70. The number of anilines is 2. The highest BCUT2D eigenvalue weighted by Gasteiger charge is 2.27. The molecule has 1 amide bonds. The fourth-order valence-corrected chi connectivity index (χ4v) is 4.55. The number of nitrogens with one attached hydrogen (secondary N) is 3. The third-order valence-electron chi connectivity index (χ3n) is 6.64. The largest absolute Gasteiger partial charge is 0.446 e. The summed E-state index contributed by atoms with van der Waals surface area (Å²) in [6.45, 7) is 8.30. The van der Waals surface area contributed by atoms with Crippen LogP contribution in [0.25, 0.3) is 17.0 Å². The van der Waals surface area contributed by atoms with Crippen molar-refractivity contribution in [2.75, 3.05) is 18.4 Å². The molecule has 2 aliphatic heterocycles. The van der Waals surface area contributed by atoms with E-state index in [1.807, 2.05) is 43.3 Å². The molecule has 0 unspecified atom stereocenters. The van der Waals surface area contributed by atoms with Crippen LogP contribution in [0, 0.1) is 0 Å². The second kappa shape index (κ2) is 11.2. The Hall–Kier alpha value is -4.24. The van der Waals surface area contributed by atoms with Gasteiger partial charge in [-0.15, -0.1) is 0 Å². The Morgan fingerprint density at radius 3 is 2.70 bits per heavy atom. The molecule has 9 nitrogen and oxygen atoms in total. The Labute approximate surface area is 216 Å². The highest BCUT2D eigenvalue weighted by Crippen LogP contribution is 2.29. The van der Waals surface area contributed by atoms with Gasteiger partial charge in [0, 0.05) is 43.5 Å². The Morgan fingerprint density at radius 1 is 1.14 bits per heavy atom.